The Morgan fingerprint density at radius 1 is 1.16 bits per heavy atom. The highest BCUT2D eigenvalue weighted by atomic mass is 79.9. The minimum Gasteiger partial charge on any atom is -0.496 e. The zero-order chi connectivity index (χ0) is 15.0. The first-order valence-corrected chi connectivity index (χ1v) is 6.34. The number of benzene rings is 1. The van der Waals surface area contributed by atoms with Crippen molar-refractivity contribution in [3.05, 3.63) is 28.0 Å². The largest absolute Gasteiger partial charge is 0.496 e. The number of methoxy groups -OCH3 is 1. The first kappa shape index (κ1) is 16.6. The van der Waals surface area contributed by atoms with Crippen molar-refractivity contribution < 1.29 is 31.1 Å². The lowest BCUT2D eigenvalue weighted by Gasteiger charge is -2.26. The number of halogens is 8. The van der Waals surface area contributed by atoms with Gasteiger partial charge in [0, 0.05) is 11.6 Å². The molecule has 0 bridgehead atoms. The molecule has 0 aromatic heterocycles. The molecule has 0 radical (unpaired) electrons. The predicted molar refractivity (Wildman–Crippen MR) is 63.3 cm³/mol. The van der Waals surface area contributed by atoms with E-state index in [0.717, 1.165) is 19.2 Å². The molecule has 0 aliphatic heterocycles. The second-order valence-corrected chi connectivity index (χ2v) is 5.26. The van der Waals surface area contributed by atoms with Crippen LogP contribution in [-0.4, -0.2) is 19.2 Å². The van der Waals surface area contributed by atoms with E-state index in [1.165, 1.54) is 0 Å². The van der Waals surface area contributed by atoms with Crippen molar-refractivity contribution in [3.63, 3.8) is 0 Å². The van der Waals surface area contributed by atoms with Gasteiger partial charge in [0.05, 0.1) is 11.6 Å². The normalized spacial score (nSPS) is 14.4. The van der Waals surface area contributed by atoms with Crippen molar-refractivity contribution in [2.24, 2.45) is 0 Å². The van der Waals surface area contributed by atoms with Crippen LogP contribution in [0.3, 0.4) is 0 Å². The third-order valence-electron chi connectivity index (χ3n) is 2.24. The third kappa shape index (κ3) is 3.18. The maximum Gasteiger partial charge on any atom is 0.454 e. The Bertz CT molecular complexity index is 474. The monoisotopic (exact) mass is 414 g/mol. The second kappa shape index (κ2) is 5.51. The van der Waals surface area contributed by atoms with Crippen LogP contribution in [0, 0.1) is 5.82 Å². The Hall–Kier alpha value is -0.440. The molecule has 1 unspecified atom stereocenters. The fourth-order valence-corrected chi connectivity index (χ4v) is 2.24. The molecule has 0 heterocycles. The van der Waals surface area contributed by atoms with E-state index in [-0.39, 0.29) is 4.47 Å². The molecule has 9 heteroatoms. The number of alkyl halides is 6. The van der Waals surface area contributed by atoms with Gasteiger partial charge in [0.2, 0.25) is 0 Å². The highest BCUT2D eigenvalue weighted by Gasteiger charge is 2.62. The fourth-order valence-electron chi connectivity index (χ4n) is 1.26. The van der Waals surface area contributed by atoms with Crippen molar-refractivity contribution in [1.82, 2.24) is 0 Å². The van der Waals surface area contributed by atoms with E-state index in [1.54, 1.807) is 0 Å². The van der Waals surface area contributed by atoms with Gasteiger partial charge in [-0.05, 0) is 22.0 Å². The first-order valence-electron chi connectivity index (χ1n) is 4.64. The average molecular weight is 416 g/mol. The summed E-state index contributed by atoms with van der Waals surface area (Å²) >= 11 is 5.02. The van der Waals surface area contributed by atoms with Gasteiger partial charge in [-0.25, -0.2) is 4.39 Å². The molecule has 0 aliphatic rings. The standard InChI is InChI=1S/C10H6Br2F6O/c1-19-7-3-6(13)5(11)2-4(7)8(12)9(14,15)10(16,17)18/h2-3,8H,1H3. The van der Waals surface area contributed by atoms with Gasteiger partial charge in [0.1, 0.15) is 16.4 Å². The maximum absolute atomic E-state index is 13.2. The van der Waals surface area contributed by atoms with E-state index < -0.39 is 34.1 Å². The lowest BCUT2D eigenvalue weighted by atomic mass is 10.1. The molecular weight excluding hydrogens is 410 g/mol. The molecule has 1 aromatic rings. The lowest BCUT2D eigenvalue weighted by Crippen LogP contribution is -2.40. The van der Waals surface area contributed by atoms with Crippen molar-refractivity contribution in [2.75, 3.05) is 7.11 Å². The van der Waals surface area contributed by atoms with Crippen LogP contribution in [-0.2, 0) is 0 Å². The zero-order valence-corrected chi connectivity index (χ0v) is 12.3. The molecule has 1 atom stereocenters. The van der Waals surface area contributed by atoms with E-state index >= 15 is 0 Å². The summed E-state index contributed by atoms with van der Waals surface area (Å²) < 4.78 is 80.8. The fraction of sp³-hybridized carbons (Fsp3) is 0.400. The van der Waals surface area contributed by atoms with Crippen molar-refractivity contribution in [3.8, 4) is 5.75 Å². The summed E-state index contributed by atoms with van der Waals surface area (Å²) in [5.74, 6) is -6.28. The van der Waals surface area contributed by atoms with E-state index in [4.69, 9.17) is 0 Å². The van der Waals surface area contributed by atoms with E-state index in [2.05, 4.69) is 36.6 Å². The summed E-state index contributed by atoms with van der Waals surface area (Å²) in [4.78, 5) is -2.40. The van der Waals surface area contributed by atoms with Crippen LogP contribution in [0.25, 0.3) is 0 Å². The lowest BCUT2D eigenvalue weighted by molar-refractivity contribution is -0.281. The number of hydrogen-bond acceptors (Lipinski definition) is 1. The van der Waals surface area contributed by atoms with Gasteiger partial charge in [-0.15, -0.1) is 0 Å². The van der Waals surface area contributed by atoms with Crippen LogP contribution in [0.15, 0.2) is 16.6 Å². The summed E-state index contributed by atoms with van der Waals surface area (Å²) in [6.45, 7) is 0. The molecule has 0 saturated carbocycles. The van der Waals surface area contributed by atoms with E-state index in [1.807, 2.05) is 0 Å². The molecule has 0 saturated heterocycles. The van der Waals surface area contributed by atoms with Gasteiger partial charge < -0.3 is 4.74 Å². The summed E-state index contributed by atoms with van der Waals surface area (Å²) in [7, 11) is 1.04. The molecule has 0 aliphatic carbocycles. The van der Waals surface area contributed by atoms with Gasteiger partial charge in [-0.3, -0.25) is 0 Å². The Kier molecular flexibility index (Phi) is 4.82. The van der Waals surface area contributed by atoms with E-state index in [0.29, 0.717) is 0 Å². The van der Waals surface area contributed by atoms with Crippen LogP contribution in [0.1, 0.15) is 10.4 Å². The Morgan fingerprint density at radius 2 is 1.68 bits per heavy atom. The highest BCUT2D eigenvalue weighted by Crippen LogP contribution is 2.51. The predicted octanol–water partition coefficient (Wildman–Crippen LogP) is 5.23. The van der Waals surface area contributed by atoms with Gasteiger partial charge in [-0.2, -0.15) is 22.0 Å². The van der Waals surface area contributed by atoms with Crippen molar-refractivity contribution in [1.29, 1.82) is 0 Å². The average Bonchev–Trinajstić information content (AvgIpc) is 2.29. The molecule has 108 valence electrons. The summed E-state index contributed by atoms with van der Waals surface area (Å²) in [5.41, 5.74) is -0.516. The summed E-state index contributed by atoms with van der Waals surface area (Å²) in [6, 6.07) is 1.54. The van der Waals surface area contributed by atoms with Crippen molar-refractivity contribution in [2.45, 2.75) is 16.9 Å². The Morgan fingerprint density at radius 3 is 2.11 bits per heavy atom. The Balaban J connectivity index is 3.34. The van der Waals surface area contributed by atoms with Crippen LogP contribution in [0.5, 0.6) is 5.75 Å². The van der Waals surface area contributed by atoms with Gasteiger partial charge in [0.15, 0.2) is 0 Å². The van der Waals surface area contributed by atoms with Crippen LogP contribution >= 0.6 is 31.9 Å². The number of rotatable bonds is 3. The Labute approximate surface area is 121 Å². The van der Waals surface area contributed by atoms with Crippen LogP contribution < -0.4 is 4.74 Å². The summed E-state index contributed by atoms with van der Waals surface area (Å²) in [6.07, 6.45) is -5.74. The molecule has 19 heavy (non-hydrogen) atoms. The number of ether oxygens (including phenoxy) is 1. The minimum atomic E-state index is -5.74. The van der Waals surface area contributed by atoms with Gasteiger partial charge in [-0.1, -0.05) is 15.9 Å². The molecule has 0 amide bonds. The third-order valence-corrected chi connectivity index (χ3v) is 3.92. The zero-order valence-electron chi connectivity index (χ0n) is 9.16. The highest BCUT2D eigenvalue weighted by molar-refractivity contribution is 9.10. The minimum absolute atomic E-state index is 0.245. The van der Waals surface area contributed by atoms with Crippen LogP contribution in [0.2, 0.25) is 0 Å². The first-order chi connectivity index (χ1) is 8.52. The van der Waals surface area contributed by atoms with Gasteiger partial charge >= 0.3 is 12.1 Å². The molecule has 0 fully saturated rings. The molecule has 1 aromatic carbocycles. The topological polar surface area (TPSA) is 9.23 Å². The second-order valence-electron chi connectivity index (χ2n) is 3.49. The molecule has 0 spiro atoms. The van der Waals surface area contributed by atoms with Crippen LogP contribution in [0.4, 0.5) is 26.3 Å². The molecular formula is C10H6Br2F6O. The number of hydrogen-bond donors (Lipinski definition) is 0. The SMILES string of the molecule is COc1cc(F)c(Br)cc1C(Br)C(F)(F)C(F)(F)F. The summed E-state index contributed by atoms with van der Waals surface area (Å²) in [5, 5.41) is 0. The van der Waals surface area contributed by atoms with E-state index in [9.17, 15) is 26.3 Å². The molecule has 1 rings (SSSR count). The van der Waals surface area contributed by atoms with Gasteiger partial charge in [0.25, 0.3) is 0 Å². The maximum atomic E-state index is 13.2. The molecule has 0 N–H and O–H groups in total. The molecule has 1 nitrogen and oxygen atoms in total. The quantitative estimate of drug-likeness (QED) is 0.485. The smallest absolute Gasteiger partial charge is 0.454 e. The van der Waals surface area contributed by atoms with Crippen molar-refractivity contribution >= 4 is 31.9 Å².